The molecule has 1 saturated carbocycles. The Labute approximate surface area is 176 Å². The van der Waals surface area contributed by atoms with Gasteiger partial charge in [-0.25, -0.2) is 0 Å². The lowest BCUT2D eigenvalue weighted by molar-refractivity contribution is 0.120. The van der Waals surface area contributed by atoms with Crippen LogP contribution in [0.5, 0.6) is 0 Å². The summed E-state index contributed by atoms with van der Waals surface area (Å²) >= 11 is 0. The molecule has 162 valence electrons. The van der Waals surface area contributed by atoms with E-state index in [-0.39, 0.29) is 11.8 Å². The molecule has 4 nitrogen and oxygen atoms in total. The van der Waals surface area contributed by atoms with Crippen LogP contribution in [0.3, 0.4) is 0 Å². The third-order valence-electron chi connectivity index (χ3n) is 5.84. The van der Waals surface area contributed by atoms with Gasteiger partial charge in [0.15, 0.2) is 0 Å². The molecular weight excluding hydrogens is 362 g/mol. The van der Waals surface area contributed by atoms with E-state index in [1.165, 1.54) is 12.0 Å². The summed E-state index contributed by atoms with van der Waals surface area (Å²) in [6.45, 7) is 4.21. The minimum absolute atomic E-state index is 0.0144. The van der Waals surface area contributed by atoms with Gasteiger partial charge in [0.2, 0.25) is 0 Å². The monoisotopic (exact) mass is 401 g/mol. The van der Waals surface area contributed by atoms with Crippen LogP contribution < -0.4 is 5.32 Å². The molecule has 1 aromatic rings. The largest absolute Gasteiger partial charge is 0.393 e. The van der Waals surface area contributed by atoms with Crippen LogP contribution in [0.4, 0.5) is 0 Å². The molecule has 0 heterocycles. The fourth-order valence-electron chi connectivity index (χ4n) is 4.08. The summed E-state index contributed by atoms with van der Waals surface area (Å²) in [5, 5.41) is 34.3. The summed E-state index contributed by atoms with van der Waals surface area (Å²) in [7, 11) is 0. The number of allylic oxidation sites excluding steroid dienone is 2. The van der Waals surface area contributed by atoms with Gasteiger partial charge in [-0.05, 0) is 63.1 Å². The lowest BCUT2D eigenvalue weighted by Gasteiger charge is -2.19. The summed E-state index contributed by atoms with van der Waals surface area (Å²) in [6, 6.07) is 10.1. The first kappa shape index (κ1) is 23.8. The zero-order valence-corrected chi connectivity index (χ0v) is 17.8. The first-order chi connectivity index (χ1) is 14.1. The van der Waals surface area contributed by atoms with Crippen molar-refractivity contribution >= 4 is 0 Å². The molecule has 0 spiro atoms. The highest BCUT2D eigenvalue weighted by molar-refractivity contribution is 5.15. The molecule has 0 aliphatic heterocycles. The van der Waals surface area contributed by atoms with Crippen molar-refractivity contribution in [3.05, 3.63) is 60.2 Å². The number of hydrogen-bond donors (Lipinski definition) is 4. The summed E-state index contributed by atoms with van der Waals surface area (Å²) in [5.74, 6) is -0.0876. The van der Waals surface area contributed by atoms with Crippen LogP contribution in [-0.2, 0) is 6.42 Å². The molecule has 29 heavy (non-hydrogen) atoms. The fourth-order valence-corrected chi connectivity index (χ4v) is 4.08. The van der Waals surface area contributed by atoms with Gasteiger partial charge in [0, 0.05) is 12.3 Å². The lowest BCUT2D eigenvalue weighted by Crippen LogP contribution is -2.20. The van der Waals surface area contributed by atoms with Gasteiger partial charge >= 0.3 is 0 Å². The van der Waals surface area contributed by atoms with Gasteiger partial charge in [0.1, 0.15) is 0 Å². The second kappa shape index (κ2) is 13.7. The van der Waals surface area contributed by atoms with Crippen LogP contribution in [0.15, 0.2) is 54.6 Å². The quantitative estimate of drug-likeness (QED) is 0.301. The molecule has 0 saturated heterocycles. The van der Waals surface area contributed by atoms with Crippen molar-refractivity contribution in [1.29, 1.82) is 0 Å². The van der Waals surface area contributed by atoms with Crippen LogP contribution >= 0.6 is 0 Å². The van der Waals surface area contributed by atoms with E-state index in [9.17, 15) is 15.3 Å². The van der Waals surface area contributed by atoms with Crippen LogP contribution in [0.25, 0.3) is 0 Å². The van der Waals surface area contributed by atoms with Crippen molar-refractivity contribution < 1.29 is 15.3 Å². The SMILES string of the molecule is CCNCCCC/C=C\C[C@@H]1[C@@H](/C=C/[C@@H](O)CCc2ccccc2)[C@H](O)C[C@@H]1O. The van der Waals surface area contributed by atoms with Crippen molar-refractivity contribution in [2.45, 2.75) is 70.2 Å². The predicted octanol–water partition coefficient (Wildman–Crippen LogP) is 3.62. The topological polar surface area (TPSA) is 72.7 Å². The Hall–Kier alpha value is -1.46. The van der Waals surface area contributed by atoms with Gasteiger partial charge < -0.3 is 20.6 Å². The van der Waals surface area contributed by atoms with E-state index in [0.29, 0.717) is 12.8 Å². The van der Waals surface area contributed by atoms with Gasteiger partial charge in [0.05, 0.1) is 18.3 Å². The van der Waals surface area contributed by atoms with Gasteiger partial charge in [0.25, 0.3) is 0 Å². The molecule has 5 atom stereocenters. The zero-order valence-electron chi connectivity index (χ0n) is 17.8. The molecule has 0 aromatic heterocycles. The molecule has 0 unspecified atom stereocenters. The minimum atomic E-state index is -0.541. The summed E-state index contributed by atoms with van der Waals surface area (Å²) in [4.78, 5) is 0. The lowest BCUT2D eigenvalue weighted by atomic mass is 9.89. The standard InChI is InChI=1S/C25H39NO3/c1-2-26-18-10-5-3-4-9-13-22-23(25(29)19-24(22)28)17-16-21(27)15-14-20-11-7-6-8-12-20/h4,6-9,11-12,16-17,21-29H,2-3,5,10,13-15,18-19H2,1H3/b9-4-,17-16+/t21-,22+,23+,24-,25+/m0/s1. The maximum Gasteiger partial charge on any atom is 0.0724 e. The first-order valence-corrected chi connectivity index (χ1v) is 11.2. The average molecular weight is 402 g/mol. The fraction of sp³-hybridized carbons (Fsp3) is 0.600. The Balaban J connectivity index is 1.76. The molecule has 0 bridgehead atoms. The number of rotatable bonds is 13. The number of unbranched alkanes of at least 4 members (excludes halogenated alkanes) is 2. The summed E-state index contributed by atoms with van der Waals surface area (Å²) < 4.78 is 0. The van der Waals surface area contributed by atoms with Gasteiger partial charge in [-0.2, -0.15) is 0 Å². The Morgan fingerprint density at radius 3 is 2.66 bits per heavy atom. The van der Waals surface area contributed by atoms with Crippen molar-refractivity contribution in [3.8, 4) is 0 Å². The van der Waals surface area contributed by atoms with E-state index >= 15 is 0 Å². The highest BCUT2D eigenvalue weighted by atomic mass is 16.3. The second-order valence-corrected chi connectivity index (χ2v) is 8.14. The smallest absolute Gasteiger partial charge is 0.0724 e. The van der Waals surface area contributed by atoms with Gasteiger partial charge in [-0.15, -0.1) is 0 Å². The molecule has 0 radical (unpaired) electrons. The van der Waals surface area contributed by atoms with E-state index in [0.717, 1.165) is 38.8 Å². The minimum Gasteiger partial charge on any atom is -0.393 e. The average Bonchev–Trinajstić information content (AvgIpc) is 3.00. The molecular formula is C25H39NO3. The zero-order chi connectivity index (χ0) is 20.9. The van der Waals surface area contributed by atoms with Crippen LogP contribution in [-0.4, -0.2) is 46.7 Å². The number of benzene rings is 1. The van der Waals surface area contributed by atoms with E-state index in [1.54, 1.807) is 6.08 Å². The Kier molecular flexibility index (Phi) is 11.3. The molecule has 1 aliphatic rings. The summed E-state index contributed by atoms with van der Waals surface area (Å²) in [6.07, 6.45) is 12.5. The first-order valence-electron chi connectivity index (χ1n) is 11.2. The van der Waals surface area contributed by atoms with E-state index in [2.05, 4.69) is 36.5 Å². The maximum atomic E-state index is 10.3. The van der Waals surface area contributed by atoms with Crippen molar-refractivity contribution in [2.75, 3.05) is 13.1 Å². The number of aryl methyl sites for hydroxylation is 1. The van der Waals surface area contributed by atoms with Crippen LogP contribution in [0.1, 0.15) is 51.0 Å². The molecule has 4 heteroatoms. The Morgan fingerprint density at radius 1 is 1.10 bits per heavy atom. The molecule has 1 fully saturated rings. The number of nitrogens with one attached hydrogen (secondary N) is 1. The molecule has 4 N–H and O–H groups in total. The molecule has 0 amide bonds. The highest BCUT2D eigenvalue weighted by Gasteiger charge is 2.39. The molecule has 2 rings (SSSR count). The molecule has 1 aliphatic carbocycles. The second-order valence-electron chi connectivity index (χ2n) is 8.14. The van der Waals surface area contributed by atoms with Crippen molar-refractivity contribution in [1.82, 2.24) is 5.32 Å². The number of aliphatic hydroxyl groups excluding tert-OH is 3. The van der Waals surface area contributed by atoms with Crippen molar-refractivity contribution in [2.24, 2.45) is 11.8 Å². The van der Waals surface area contributed by atoms with Crippen LogP contribution in [0.2, 0.25) is 0 Å². The Morgan fingerprint density at radius 2 is 1.90 bits per heavy atom. The Bertz CT molecular complexity index is 601. The predicted molar refractivity (Wildman–Crippen MR) is 120 cm³/mol. The molecule has 1 aromatic carbocycles. The van der Waals surface area contributed by atoms with Gasteiger partial charge in [-0.3, -0.25) is 0 Å². The van der Waals surface area contributed by atoms with E-state index in [4.69, 9.17) is 0 Å². The normalized spacial score (nSPS) is 25.9. The third kappa shape index (κ3) is 8.83. The third-order valence-corrected chi connectivity index (χ3v) is 5.84. The number of aliphatic hydroxyl groups is 3. The van der Waals surface area contributed by atoms with Crippen molar-refractivity contribution in [3.63, 3.8) is 0 Å². The number of hydrogen-bond acceptors (Lipinski definition) is 4. The van der Waals surface area contributed by atoms with E-state index < -0.39 is 18.3 Å². The highest BCUT2D eigenvalue weighted by Crippen LogP contribution is 2.36. The van der Waals surface area contributed by atoms with Gasteiger partial charge in [-0.1, -0.05) is 61.6 Å². The maximum absolute atomic E-state index is 10.3. The van der Waals surface area contributed by atoms with E-state index in [1.807, 2.05) is 24.3 Å². The van der Waals surface area contributed by atoms with Crippen LogP contribution in [0, 0.1) is 11.8 Å². The summed E-state index contributed by atoms with van der Waals surface area (Å²) in [5.41, 5.74) is 1.21.